The molecule has 4 aromatic rings. The van der Waals surface area contributed by atoms with E-state index in [9.17, 15) is 0 Å². The number of rotatable bonds is 1. The largest absolute Gasteiger partial charge is 0.482 e. The van der Waals surface area contributed by atoms with Crippen LogP contribution in [-0.2, 0) is 26.9 Å². The summed E-state index contributed by atoms with van der Waals surface area (Å²) in [7, 11) is 3.97. The highest BCUT2D eigenvalue weighted by Gasteiger charge is 2.25. The molecule has 0 saturated carbocycles. The van der Waals surface area contributed by atoms with Gasteiger partial charge in [-0.2, -0.15) is 10.2 Å². The van der Waals surface area contributed by atoms with Crippen molar-refractivity contribution in [2.45, 2.75) is 39.7 Å². The van der Waals surface area contributed by atoms with Crippen LogP contribution in [0.25, 0.3) is 22.4 Å². The van der Waals surface area contributed by atoms with Crippen molar-refractivity contribution in [1.82, 2.24) is 24.5 Å². The van der Waals surface area contributed by atoms with Crippen molar-refractivity contribution < 1.29 is 4.74 Å². The van der Waals surface area contributed by atoms with Gasteiger partial charge < -0.3 is 10.5 Å². The highest BCUT2D eigenvalue weighted by molar-refractivity contribution is 5.74. The fraction of sp³-hybridized carbons (Fsp3) is 0.320. The van der Waals surface area contributed by atoms with Gasteiger partial charge in [-0.3, -0.25) is 9.36 Å². The molecule has 0 saturated heterocycles. The molecule has 0 aliphatic carbocycles. The SMILES string of the molecule is CCc1nn(C)c2c1-c1cnc(N)c(c1)O[C@H](C)c1cc(C)ccc1-c1nn(C)cc1C2. The summed E-state index contributed by atoms with van der Waals surface area (Å²) in [6, 6.07) is 8.43. The molecule has 2 bridgehead atoms. The molecule has 1 atom stereocenters. The van der Waals surface area contributed by atoms with Crippen molar-refractivity contribution >= 4 is 5.82 Å². The number of aromatic nitrogens is 5. The third kappa shape index (κ3) is 3.25. The molecule has 0 amide bonds. The van der Waals surface area contributed by atoms with Crippen molar-refractivity contribution in [2.75, 3.05) is 5.73 Å². The van der Waals surface area contributed by atoms with Gasteiger partial charge in [0.05, 0.1) is 17.1 Å². The molecule has 5 rings (SSSR count). The molecule has 164 valence electrons. The molecule has 0 radical (unpaired) electrons. The lowest BCUT2D eigenvalue weighted by Gasteiger charge is -2.21. The second-order valence-electron chi connectivity index (χ2n) is 8.56. The van der Waals surface area contributed by atoms with Gasteiger partial charge in [0.1, 0.15) is 6.10 Å². The molecule has 4 heterocycles. The first kappa shape index (κ1) is 20.3. The maximum absolute atomic E-state index is 6.41. The molecule has 1 aliphatic rings. The quantitative estimate of drug-likeness (QED) is 0.486. The van der Waals surface area contributed by atoms with Crippen LogP contribution in [0.4, 0.5) is 5.82 Å². The maximum atomic E-state index is 6.41. The fourth-order valence-corrected chi connectivity index (χ4v) is 4.65. The highest BCUT2D eigenvalue weighted by atomic mass is 16.5. The summed E-state index contributed by atoms with van der Waals surface area (Å²) < 4.78 is 10.3. The molecule has 32 heavy (non-hydrogen) atoms. The predicted molar refractivity (Wildman–Crippen MR) is 125 cm³/mol. The van der Waals surface area contributed by atoms with Crippen molar-refractivity contribution in [3.63, 3.8) is 0 Å². The van der Waals surface area contributed by atoms with Gasteiger partial charge in [0, 0.05) is 60.7 Å². The van der Waals surface area contributed by atoms with Crippen LogP contribution >= 0.6 is 0 Å². The number of pyridine rings is 1. The Morgan fingerprint density at radius 1 is 1.19 bits per heavy atom. The van der Waals surface area contributed by atoms with Crippen LogP contribution in [0.5, 0.6) is 5.75 Å². The number of hydrogen-bond donors (Lipinski definition) is 1. The van der Waals surface area contributed by atoms with E-state index in [1.807, 2.05) is 42.6 Å². The zero-order valence-electron chi connectivity index (χ0n) is 19.2. The van der Waals surface area contributed by atoms with E-state index in [4.69, 9.17) is 20.7 Å². The summed E-state index contributed by atoms with van der Waals surface area (Å²) in [5, 5.41) is 9.67. The molecule has 0 fully saturated rings. The van der Waals surface area contributed by atoms with Crippen molar-refractivity contribution in [1.29, 1.82) is 0 Å². The van der Waals surface area contributed by atoms with Crippen molar-refractivity contribution in [3.05, 3.63) is 64.7 Å². The Morgan fingerprint density at radius 2 is 2.00 bits per heavy atom. The average molecular weight is 429 g/mol. The number of nitrogens with two attached hydrogens (primary N) is 1. The number of anilines is 1. The van der Waals surface area contributed by atoms with Crippen molar-refractivity contribution in [3.8, 4) is 28.1 Å². The summed E-state index contributed by atoms with van der Waals surface area (Å²) in [5.74, 6) is 0.968. The third-order valence-electron chi connectivity index (χ3n) is 6.21. The van der Waals surface area contributed by atoms with E-state index >= 15 is 0 Å². The molecule has 0 spiro atoms. The monoisotopic (exact) mass is 428 g/mol. The Balaban J connectivity index is 1.84. The smallest absolute Gasteiger partial charge is 0.166 e. The van der Waals surface area contributed by atoms with Gasteiger partial charge in [0.2, 0.25) is 0 Å². The van der Waals surface area contributed by atoms with E-state index in [1.54, 1.807) is 0 Å². The summed E-state index contributed by atoms with van der Waals surface area (Å²) in [6.45, 7) is 6.26. The topological polar surface area (TPSA) is 83.8 Å². The van der Waals surface area contributed by atoms with Gasteiger partial charge in [0.25, 0.3) is 0 Å². The number of benzene rings is 1. The van der Waals surface area contributed by atoms with E-state index in [1.165, 1.54) is 5.56 Å². The van der Waals surface area contributed by atoms with Crippen LogP contribution in [0, 0.1) is 6.92 Å². The normalized spacial score (nSPS) is 15.1. The molecule has 0 unspecified atom stereocenters. The standard InChI is InChI=1S/C25H28N6O/c1-6-20-23-16-11-22(25(26)27-12-16)32-15(3)19-9-14(2)7-8-18(19)24-17(13-30(4)29-24)10-21(23)31(5)28-20/h7-9,11-13,15H,6,10H2,1-5H3,(H2,26,27)/t15-/m1/s1. The molecule has 3 aromatic heterocycles. The zero-order valence-corrected chi connectivity index (χ0v) is 19.2. The number of fused-ring (bicyclic) bond motifs is 7. The molecule has 1 aliphatic heterocycles. The minimum absolute atomic E-state index is 0.224. The summed E-state index contributed by atoms with van der Waals surface area (Å²) >= 11 is 0. The van der Waals surface area contributed by atoms with E-state index in [-0.39, 0.29) is 6.10 Å². The summed E-state index contributed by atoms with van der Waals surface area (Å²) in [5.41, 5.74) is 15.9. The second kappa shape index (κ2) is 7.51. The average Bonchev–Trinajstić information content (AvgIpc) is 3.28. The van der Waals surface area contributed by atoms with E-state index in [0.717, 1.165) is 51.3 Å². The molecule has 7 nitrogen and oxygen atoms in total. The van der Waals surface area contributed by atoms with Crippen LogP contribution in [0.15, 0.2) is 36.7 Å². The third-order valence-corrected chi connectivity index (χ3v) is 6.21. The second-order valence-corrected chi connectivity index (χ2v) is 8.56. The summed E-state index contributed by atoms with van der Waals surface area (Å²) in [4.78, 5) is 4.47. The van der Waals surface area contributed by atoms with Crippen LogP contribution in [0.1, 0.15) is 48.0 Å². The maximum Gasteiger partial charge on any atom is 0.166 e. The first-order valence-electron chi connectivity index (χ1n) is 11.0. The minimum Gasteiger partial charge on any atom is -0.482 e. The first-order chi connectivity index (χ1) is 15.4. The lowest BCUT2D eigenvalue weighted by molar-refractivity contribution is 0.228. The minimum atomic E-state index is -0.224. The highest BCUT2D eigenvalue weighted by Crippen LogP contribution is 2.39. The number of ether oxygens (including phenoxy) is 1. The van der Waals surface area contributed by atoms with E-state index in [2.05, 4.69) is 43.2 Å². The Hall–Kier alpha value is -3.61. The number of hydrogen-bond acceptors (Lipinski definition) is 5. The fourth-order valence-electron chi connectivity index (χ4n) is 4.65. The van der Waals surface area contributed by atoms with Gasteiger partial charge >= 0.3 is 0 Å². The Labute approximate surface area is 187 Å². The van der Waals surface area contributed by atoms with Crippen molar-refractivity contribution in [2.24, 2.45) is 14.1 Å². The molecule has 1 aromatic carbocycles. The number of nitrogen functional groups attached to an aromatic ring is 1. The van der Waals surface area contributed by atoms with Gasteiger partial charge in [-0.15, -0.1) is 0 Å². The van der Waals surface area contributed by atoms with Gasteiger partial charge in [0.15, 0.2) is 11.6 Å². The predicted octanol–water partition coefficient (Wildman–Crippen LogP) is 4.38. The Bertz CT molecular complexity index is 1330. The van der Waals surface area contributed by atoms with E-state index < -0.39 is 0 Å². The summed E-state index contributed by atoms with van der Waals surface area (Å²) in [6.07, 6.45) is 5.23. The molecular weight excluding hydrogens is 400 g/mol. The molecule has 2 N–H and O–H groups in total. The van der Waals surface area contributed by atoms with E-state index in [0.29, 0.717) is 18.0 Å². The lowest BCUT2D eigenvalue weighted by atomic mass is 9.93. The van der Waals surface area contributed by atoms with Crippen LogP contribution in [0.3, 0.4) is 0 Å². The Kier molecular flexibility index (Phi) is 4.77. The first-order valence-corrected chi connectivity index (χ1v) is 11.0. The number of nitrogens with zero attached hydrogens (tertiary/aromatic N) is 5. The number of aryl methyl sites for hydroxylation is 4. The van der Waals surface area contributed by atoms with Crippen LogP contribution < -0.4 is 10.5 Å². The zero-order chi connectivity index (χ0) is 22.6. The van der Waals surface area contributed by atoms with Gasteiger partial charge in [-0.05, 0) is 26.3 Å². The lowest BCUT2D eigenvalue weighted by Crippen LogP contribution is -2.09. The molecule has 7 heteroatoms. The van der Waals surface area contributed by atoms with Gasteiger partial charge in [-0.25, -0.2) is 4.98 Å². The Morgan fingerprint density at radius 3 is 2.78 bits per heavy atom. The van der Waals surface area contributed by atoms with Crippen LogP contribution in [0.2, 0.25) is 0 Å². The molecular formula is C25H28N6O. The van der Waals surface area contributed by atoms with Gasteiger partial charge in [-0.1, -0.05) is 30.7 Å². The van der Waals surface area contributed by atoms with Crippen LogP contribution in [-0.4, -0.2) is 24.5 Å².